The molecule has 0 spiro atoms. The number of hydrogen-bond donors (Lipinski definition) is 0. The lowest BCUT2D eigenvalue weighted by molar-refractivity contribution is -0.139. The van der Waals surface area contributed by atoms with Crippen molar-refractivity contribution in [1.29, 1.82) is 0 Å². The molecule has 0 aliphatic carbocycles. The average molecular weight is 345 g/mol. The highest BCUT2D eigenvalue weighted by Gasteiger charge is 2.17. The third-order valence-electron chi connectivity index (χ3n) is 3.78. The van der Waals surface area contributed by atoms with E-state index < -0.39 is 0 Å². The Balaban J connectivity index is 2.11. The molecule has 1 aromatic carbocycles. The molecule has 0 radical (unpaired) electrons. The second kappa shape index (κ2) is 8.20. The molecule has 2 aromatic rings. The summed E-state index contributed by atoms with van der Waals surface area (Å²) < 4.78 is 6.95. The van der Waals surface area contributed by atoms with Gasteiger partial charge in [-0.3, -0.25) is 9.59 Å². The van der Waals surface area contributed by atoms with E-state index in [0.29, 0.717) is 12.2 Å². The third-order valence-corrected chi connectivity index (χ3v) is 4.69. The number of hydrogen-bond acceptors (Lipinski definition) is 4. The first-order valence-electron chi connectivity index (χ1n) is 7.96. The summed E-state index contributed by atoms with van der Waals surface area (Å²) in [5, 5.41) is 0. The molecule has 0 aliphatic rings. The number of benzene rings is 1. The lowest BCUT2D eigenvalue weighted by Gasteiger charge is -2.10. The van der Waals surface area contributed by atoms with Crippen LogP contribution in [0.25, 0.3) is 5.69 Å². The molecule has 0 fully saturated rings. The first-order valence-corrected chi connectivity index (χ1v) is 9.12. The van der Waals surface area contributed by atoms with E-state index >= 15 is 0 Å². The smallest absolute Gasteiger partial charge is 0.315 e. The zero-order valence-corrected chi connectivity index (χ0v) is 15.4. The average Bonchev–Trinajstić information content (AvgIpc) is 2.83. The number of Topliss-reactive ketones (excluding diaryl/α,β-unsaturated/α-hetero) is 1. The van der Waals surface area contributed by atoms with Crippen LogP contribution in [0.2, 0.25) is 0 Å². The molecule has 128 valence electrons. The van der Waals surface area contributed by atoms with E-state index in [0.717, 1.165) is 17.1 Å². The summed E-state index contributed by atoms with van der Waals surface area (Å²) in [7, 11) is 0. The van der Waals surface area contributed by atoms with E-state index in [1.165, 1.54) is 17.3 Å². The minimum absolute atomic E-state index is 0.0377. The minimum Gasteiger partial charge on any atom is -0.465 e. The summed E-state index contributed by atoms with van der Waals surface area (Å²) in [5.74, 6) is 0.240. The maximum Gasteiger partial charge on any atom is 0.315 e. The number of ether oxygens (including phenoxy) is 1. The molecule has 0 saturated heterocycles. The molecule has 0 aliphatic heterocycles. The fourth-order valence-corrected chi connectivity index (χ4v) is 3.34. The second-order valence-corrected chi connectivity index (χ2v) is 6.66. The second-order valence-electron chi connectivity index (χ2n) is 5.68. The third kappa shape index (κ3) is 4.29. The highest BCUT2D eigenvalue weighted by molar-refractivity contribution is 8.00. The van der Waals surface area contributed by atoms with Crippen LogP contribution in [0.5, 0.6) is 0 Å². The van der Waals surface area contributed by atoms with Crippen molar-refractivity contribution < 1.29 is 14.3 Å². The van der Waals surface area contributed by atoms with Gasteiger partial charge in [0.15, 0.2) is 5.78 Å². The quantitative estimate of drug-likeness (QED) is 0.564. The van der Waals surface area contributed by atoms with E-state index in [1.807, 2.05) is 19.9 Å². The van der Waals surface area contributed by atoms with Gasteiger partial charge in [0.1, 0.15) is 0 Å². The Morgan fingerprint density at radius 1 is 1.08 bits per heavy atom. The summed E-state index contributed by atoms with van der Waals surface area (Å²) in [6.45, 7) is 8.14. The lowest BCUT2D eigenvalue weighted by atomic mass is 10.2. The van der Waals surface area contributed by atoms with Crippen molar-refractivity contribution in [2.75, 3.05) is 18.1 Å². The van der Waals surface area contributed by atoms with Gasteiger partial charge >= 0.3 is 5.97 Å². The molecule has 1 heterocycles. The summed E-state index contributed by atoms with van der Waals surface area (Å²) in [6.07, 6.45) is 0. The molecule has 0 N–H and O–H groups in total. The van der Waals surface area contributed by atoms with Gasteiger partial charge in [0.05, 0.1) is 18.1 Å². The molecule has 1 aromatic heterocycles. The molecule has 2 rings (SSSR count). The van der Waals surface area contributed by atoms with Gasteiger partial charge in [0.25, 0.3) is 0 Å². The molecule has 0 saturated carbocycles. The largest absolute Gasteiger partial charge is 0.465 e. The standard InChI is InChI=1S/C19H23NO3S/c1-5-23-19(22)12-24-11-18(21)17-10-14(3)20(15(17)4)16-8-6-13(2)7-9-16/h6-10H,5,11-12H2,1-4H3. The summed E-state index contributed by atoms with van der Waals surface area (Å²) in [6, 6.07) is 10.1. The first kappa shape index (κ1) is 18.3. The molecule has 24 heavy (non-hydrogen) atoms. The topological polar surface area (TPSA) is 48.3 Å². The number of ketones is 1. The van der Waals surface area contributed by atoms with Crippen molar-refractivity contribution in [3.8, 4) is 5.69 Å². The van der Waals surface area contributed by atoms with Crippen molar-refractivity contribution in [1.82, 2.24) is 4.57 Å². The molecular formula is C19H23NO3S. The molecule has 5 heteroatoms. The van der Waals surface area contributed by atoms with Gasteiger partial charge in [-0.2, -0.15) is 0 Å². The van der Waals surface area contributed by atoms with Crippen LogP contribution in [0, 0.1) is 20.8 Å². The highest BCUT2D eigenvalue weighted by atomic mass is 32.2. The Bertz CT molecular complexity index is 732. The van der Waals surface area contributed by atoms with Crippen LogP contribution in [0.15, 0.2) is 30.3 Å². The number of esters is 1. The van der Waals surface area contributed by atoms with Gasteiger partial charge in [-0.1, -0.05) is 17.7 Å². The number of aryl methyl sites for hydroxylation is 2. The zero-order valence-electron chi connectivity index (χ0n) is 14.6. The van der Waals surface area contributed by atoms with Crippen molar-refractivity contribution >= 4 is 23.5 Å². The van der Waals surface area contributed by atoms with Crippen LogP contribution in [0.1, 0.15) is 34.2 Å². The van der Waals surface area contributed by atoms with Gasteiger partial charge in [-0.05, 0) is 45.9 Å². The molecule has 0 atom stereocenters. The minimum atomic E-state index is -0.277. The van der Waals surface area contributed by atoms with Gasteiger partial charge in [-0.15, -0.1) is 11.8 Å². The first-order chi connectivity index (χ1) is 11.4. The number of carbonyl (C=O) groups excluding carboxylic acids is 2. The van der Waals surface area contributed by atoms with Crippen molar-refractivity contribution in [2.45, 2.75) is 27.7 Å². The maximum atomic E-state index is 12.5. The zero-order chi connectivity index (χ0) is 17.7. The maximum absolute atomic E-state index is 12.5. The summed E-state index contributed by atoms with van der Waals surface area (Å²) in [5.41, 5.74) is 4.92. The predicted molar refractivity (Wildman–Crippen MR) is 98.3 cm³/mol. The van der Waals surface area contributed by atoms with Crippen LogP contribution in [0.3, 0.4) is 0 Å². The van der Waals surface area contributed by atoms with E-state index in [-0.39, 0.29) is 23.3 Å². The van der Waals surface area contributed by atoms with E-state index in [1.54, 1.807) is 6.92 Å². The van der Waals surface area contributed by atoms with Gasteiger partial charge < -0.3 is 9.30 Å². The molecule has 0 amide bonds. The van der Waals surface area contributed by atoms with Gasteiger partial charge in [-0.25, -0.2) is 0 Å². The fourth-order valence-electron chi connectivity index (χ4n) is 2.64. The molecular weight excluding hydrogens is 322 g/mol. The van der Waals surface area contributed by atoms with Crippen molar-refractivity contribution in [3.63, 3.8) is 0 Å². The Morgan fingerprint density at radius 2 is 1.75 bits per heavy atom. The van der Waals surface area contributed by atoms with Crippen LogP contribution in [0.4, 0.5) is 0 Å². The normalized spacial score (nSPS) is 10.7. The predicted octanol–water partition coefficient (Wildman–Crippen LogP) is 3.88. The van der Waals surface area contributed by atoms with Crippen LogP contribution in [-0.2, 0) is 9.53 Å². The van der Waals surface area contributed by atoms with Crippen LogP contribution >= 0.6 is 11.8 Å². The number of rotatable bonds is 7. The molecule has 4 nitrogen and oxygen atoms in total. The summed E-state index contributed by atoms with van der Waals surface area (Å²) >= 11 is 1.29. The molecule has 0 bridgehead atoms. The Hall–Kier alpha value is -2.01. The lowest BCUT2D eigenvalue weighted by Crippen LogP contribution is -2.10. The summed E-state index contributed by atoms with van der Waals surface area (Å²) in [4.78, 5) is 23.8. The van der Waals surface area contributed by atoms with Crippen LogP contribution < -0.4 is 0 Å². The van der Waals surface area contributed by atoms with Crippen LogP contribution in [-0.4, -0.2) is 34.4 Å². The number of carbonyl (C=O) groups is 2. The highest BCUT2D eigenvalue weighted by Crippen LogP contribution is 2.22. The van der Waals surface area contributed by atoms with Crippen molar-refractivity contribution in [2.24, 2.45) is 0 Å². The van der Waals surface area contributed by atoms with Gasteiger partial charge in [0.2, 0.25) is 0 Å². The Morgan fingerprint density at radius 3 is 2.38 bits per heavy atom. The van der Waals surface area contributed by atoms with E-state index in [4.69, 9.17) is 4.74 Å². The Kier molecular flexibility index (Phi) is 6.26. The van der Waals surface area contributed by atoms with E-state index in [2.05, 4.69) is 35.8 Å². The van der Waals surface area contributed by atoms with E-state index in [9.17, 15) is 9.59 Å². The van der Waals surface area contributed by atoms with Gasteiger partial charge in [0, 0.05) is 22.6 Å². The molecule has 0 unspecified atom stereocenters. The monoisotopic (exact) mass is 345 g/mol. The number of nitrogens with zero attached hydrogens (tertiary/aromatic N) is 1. The van der Waals surface area contributed by atoms with Crippen molar-refractivity contribution in [3.05, 3.63) is 52.8 Å². The SMILES string of the molecule is CCOC(=O)CSCC(=O)c1cc(C)n(-c2ccc(C)cc2)c1C. The number of thioether (sulfide) groups is 1. The Labute approximate surface area is 147 Å². The fraction of sp³-hybridized carbons (Fsp3) is 0.368. The number of aromatic nitrogens is 1.